The third-order valence-corrected chi connectivity index (χ3v) is 2.99. The number of benzene rings is 2. The van der Waals surface area contributed by atoms with Crippen molar-refractivity contribution in [1.82, 2.24) is 15.2 Å². The van der Waals surface area contributed by atoms with Crippen molar-refractivity contribution in [3.8, 4) is 22.8 Å². The average Bonchev–Trinajstić information content (AvgIpc) is 2.89. The molecule has 0 bridgehead atoms. The molecule has 94 valence electrons. The largest absolute Gasteiger partial charge is 0.399 e. The van der Waals surface area contributed by atoms with Crippen LogP contribution in [0.15, 0.2) is 48.5 Å². The van der Waals surface area contributed by atoms with Crippen molar-refractivity contribution in [2.24, 2.45) is 0 Å². The van der Waals surface area contributed by atoms with E-state index in [4.69, 9.17) is 17.3 Å². The fourth-order valence-electron chi connectivity index (χ4n) is 1.79. The highest BCUT2D eigenvalue weighted by molar-refractivity contribution is 6.30. The second kappa shape index (κ2) is 4.74. The first-order valence-corrected chi connectivity index (χ1v) is 6.14. The van der Waals surface area contributed by atoms with Gasteiger partial charge >= 0.3 is 0 Å². The number of aromatic nitrogens is 3. The number of H-pyrrole nitrogens is 1. The van der Waals surface area contributed by atoms with Crippen molar-refractivity contribution >= 4 is 17.3 Å². The molecule has 0 atom stereocenters. The summed E-state index contributed by atoms with van der Waals surface area (Å²) in [4.78, 5) is 4.46. The van der Waals surface area contributed by atoms with E-state index >= 15 is 0 Å². The van der Waals surface area contributed by atoms with Gasteiger partial charge in [-0.1, -0.05) is 23.7 Å². The van der Waals surface area contributed by atoms with Gasteiger partial charge < -0.3 is 5.73 Å². The summed E-state index contributed by atoms with van der Waals surface area (Å²) in [6.07, 6.45) is 0. The molecule has 0 radical (unpaired) electrons. The molecule has 0 aliphatic carbocycles. The number of hydrogen-bond acceptors (Lipinski definition) is 3. The normalized spacial score (nSPS) is 10.6. The van der Waals surface area contributed by atoms with Gasteiger partial charge in [0.15, 0.2) is 11.6 Å². The highest BCUT2D eigenvalue weighted by Gasteiger charge is 2.07. The van der Waals surface area contributed by atoms with Gasteiger partial charge in [-0.2, -0.15) is 5.10 Å². The number of nitrogens with zero attached hydrogens (tertiary/aromatic N) is 2. The van der Waals surface area contributed by atoms with E-state index in [0.717, 1.165) is 16.8 Å². The van der Waals surface area contributed by atoms with Crippen LogP contribution in [0.3, 0.4) is 0 Å². The zero-order valence-electron chi connectivity index (χ0n) is 9.97. The van der Waals surface area contributed by atoms with Gasteiger partial charge in [0.2, 0.25) is 0 Å². The van der Waals surface area contributed by atoms with Crippen molar-refractivity contribution in [2.45, 2.75) is 0 Å². The zero-order valence-corrected chi connectivity index (χ0v) is 10.7. The molecular formula is C14H11ClN4. The minimum absolute atomic E-state index is 0.620. The van der Waals surface area contributed by atoms with Crippen LogP contribution in [0.4, 0.5) is 5.69 Å². The van der Waals surface area contributed by atoms with Crippen molar-refractivity contribution in [3.63, 3.8) is 0 Å². The number of aromatic amines is 1. The Labute approximate surface area is 115 Å². The van der Waals surface area contributed by atoms with Crippen molar-refractivity contribution in [1.29, 1.82) is 0 Å². The summed E-state index contributed by atoms with van der Waals surface area (Å²) in [5, 5.41) is 7.78. The maximum Gasteiger partial charge on any atom is 0.181 e. The summed E-state index contributed by atoms with van der Waals surface area (Å²) < 4.78 is 0. The first kappa shape index (κ1) is 11.7. The Kier molecular flexibility index (Phi) is 2.93. The Bertz CT molecular complexity index is 703. The predicted molar refractivity (Wildman–Crippen MR) is 76.7 cm³/mol. The molecular weight excluding hydrogens is 260 g/mol. The van der Waals surface area contributed by atoms with E-state index in [1.807, 2.05) is 48.5 Å². The molecule has 3 aromatic rings. The van der Waals surface area contributed by atoms with E-state index in [2.05, 4.69) is 15.2 Å². The second-order valence-corrected chi connectivity index (χ2v) is 4.58. The van der Waals surface area contributed by atoms with Gasteiger partial charge in [0, 0.05) is 21.8 Å². The third kappa shape index (κ3) is 2.44. The Hall–Kier alpha value is -2.33. The number of halogens is 1. The van der Waals surface area contributed by atoms with Gasteiger partial charge in [0.05, 0.1) is 0 Å². The fourth-order valence-corrected chi connectivity index (χ4v) is 1.98. The zero-order chi connectivity index (χ0) is 13.2. The van der Waals surface area contributed by atoms with E-state index in [-0.39, 0.29) is 0 Å². The van der Waals surface area contributed by atoms with E-state index in [1.165, 1.54) is 0 Å². The number of anilines is 1. The summed E-state index contributed by atoms with van der Waals surface area (Å²) in [5.41, 5.74) is 8.20. The molecule has 19 heavy (non-hydrogen) atoms. The second-order valence-electron chi connectivity index (χ2n) is 4.14. The summed E-state index contributed by atoms with van der Waals surface area (Å²) in [6, 6.07) is 14.9. The molecule has 0 aliphatic rings. The molecule has 0 fully saturated rings. The van der Waals surface area contributed by atoms with Crippen molar-refractivity contribution < 1.29 is 0 Å². The molecule has 0 saturated carbocycles. The molecule has 0 aliphatic heterocycles. The lowest BCUT2D eigenvalue weighted by Crippen LogP contribution is -1.85. The standard InChI is InChI=1S/C14H11ClN4/c15-11-3-1-2-10(8-11)14-17-13(18-19-14)9-4-6-12(16)7-5-9/h1-8H,16H2,(H,17,18,19). The SMILES string of the molecule is Nc1ccc(-c2nc(-c3cccc(Cl)c3)n[nH]2)cc1. The van der Waals surface area contributed by atoms with Gasteiger partial charge in [0.25, 0.3) is 0 Å². The maximum atomic E-state index is 5.96. The van der Waals surface area contributed by atoms with E-state index in [0.29, 0.717) is 16.7 Å². The average molecular weight is 271 g/mol. The van der Waals surface area contributed by atoms with Crippen LogP contribution in [0.25, 0.3) is 22.8 Å². The summed E-state index contributed by atoms with van der Waals surface area (Å²) in [7, 11) is 0. The number of nitrogen functional groups attached to an aromatic ring is 1. The highest BCUT2D eigenvalue weighted by atomic mass is 35.5. The monoisotopic (exact) mass is 270 g/mol. The van der Waals surface area contributed by atoms with E-state index in [1.54, 1.807) is 0 Å². The Morgan fingerprint density at radius 3 is 2.53 bits per heavy atom. The van der Waals surface area contributed by atoms with Crippen molar-refractivity contribution in [2.75, 3.05) is 5.73 Å². The van der Waals surface area contributed by atoms with Crippen LogP contribution in [0, 0.1) is 0 Å². The van der Waals surface area contributed by atoms with Gasteiger partial charge in [-0.15, -0.1) is 0 Å². The van der Waals surface area contributed by atoms with Gasteiger partial charge in [-0.05, 0) is 36.4 Å². The lowest BCUT2D eigenvalue weighted by Gasteiger charge is -1.97. The van der Waals surface area contributed by atoms with Gasteiger partial charge in [-0.25, -0.2) is 4.98 Å². The number of hydrogen-bond donors (Lipinski definition) is 2. The Morgan fingerprint density at radius 1 is 1.00 bits per heavy atom. The molecule has 0 saturated heterocycles. The van der Waals surface area contributed by atoms with Gasteiger partial charge in [0.1, 0.15) is 0 Å². The van der Waals surface area contributed by atoms with E-state index < -0.39 is 0 Å². The molecule has 4 nitrogen and oxygen atoms in total. The molecule has 5 heteroatoms. The lowest BCUT2D eigenvalue weighted by atomic mass is 10.2. The smallest absolute Gasteiger partial charge is 0.181 e. The van der Waals surface area contributed by atoms with Crippen LogP contribution in [0.5, 0.6) is 0 Å². The molecule has 0 amide bonds. The van der Waals surface area contributed by atoms with Crippen LogP contribution in [-0.2, 0) is 0 Å². The van der Waals surface area contributed by atoms with Gasteiger partial charge in [-0.3, -0.25) is 5.10 Å². The Morgan fingerprint density at radius 2 is 1.79 bits per heavy atom. The van der Waals surface area contributed by atoms with Crippen molar-refractivity contribution in [3.05, 3.63) is 53.6 Å². The number of nitrogens with one attached hydrogen (secondary N) is 1. The Balaban J connectivity index is 1.97. The lowest BCUT2D eigenvalue weighted by molar-refractivity contribution is 1.10. The number of rotatable bonds is 2. The summed E-state index contributed by atoms with van der Waals surface area (Å²) >= 11 is 5.96. The van der Waals surface area contributed by atoms with Crippen LogP contribution in [0.2, 0.25) is 5.02 Å². The molecule has 2 aromatic carbocycles. The maximum absolute atomic E-state index is 5.96. The molecule has 3 rings (SSSR count). The number of nitrogens with two attached hydrogens (primary N) is 1. The molecule has 1 heterocycles. The predicted octanol–water partition coefficient (Wildman–Crippen LogP) is 3.37. The minimum atomic E-state index is 0.620. The molecule has 0 unspecified atom stereocenters. The summed E-state index contributed by atoms with van der Waals surface area (Å²) in [6.45, 7) is 0. The topological polar surface area (TPSA) is 67.6 Å². The quantitative estimate of drug-likeness (QED) is 0.702. The van der Waals surface area contributed by atoms with Crippen LogP contribution in [-0.4, -0.2) is 15.2 Å². The minimum Gasteiger partial charge on any atom is -0.399 e. The molecule has 0 spiro atoms. The third-order valence-electron chi connectivity index (χ3n) is 2.75. The first-order valence-electron chi connectivity index (χ1n) is 5.76. The molecule has 3 N–H and O–H groups in total. The fraction of sp³-hybridized carbons (Fsp3) is 0. The van der Waals surface area contributed by atoms with Crippen LogP contribution < -0.4 is 5.73 Å². The summed E-state index contributed by atoms with van der Waals surface area (Å²) in [5.74, 6) is 1.32. The highest BCUT2D eigenvalue weighted by Crippen LogP contribution is 2.22. The van der Waals surface area contributed by atoms with Crippen LogP contribution in [0.1, 0.15) is 0 Å². The first-order chi connectivity index (χ1) is 9.22. The van der Waals surface area contributed by atoms with Crippen LogP contribution >= 0.6 is 11.6 Å². The van der Waals surface area contributed by atoms with E-state index in [9.17, 15) is 0 Å². The molecule has 1 aromatic heterocycles.